The zero-order valence-electron chi connectivity index (χ0n) is 22.7. The molecule has 222 valence electrons. The number of rotatable bonds is 12. The van der Waals surface area contributed by atoms with Crippen LogP contribution < -0.4 is 20.9 Å². The molecule has 0 bridgehead atoms. The van der Waals surface area contributed by atoms with Crippen molar-refractivity contribution in [3.63, 3.8) is 0 Å². The van der Waals surface area contributed by atoms with Crippen LogP contribution in [0.2, 0.25) is 0 Å². The van der Waals surface area contributed by atoms with Gasteiger partial charge in [0.2, 0.25) is 5.91 Å². The largest absolute Gasteiger partial charge is 0.393 e. The van der Waals surface area contributed by atoms with E-state index in [0.717, 1.165) is 36.2 Å². The number of thiophene rings is 1. The van der Waals surface area contributed by atoms with E-state index in [0.29, 0.717) is 47.7 Å². The van der Waals surface area contributed by atoms with Crippen LogP contribution in [0.1, 0.15) is 46.5 Å². The second-order valence-electron chi connectivity index (χ2n) is 9.88. The molecule has 1 fully saturated rings. The highest BCUT2D eigenvalue weighted by Crippen LogP contribution is 2.35. The van der Waals surface area contributed by atoms with Gasteiger partial charge in [-0.25, -0.2) is 9.97 Å². The lowest BCUT2D eigenvalue weighted by Gasteiger charge is -2.26. The lowest BCUT2D eigenvalue weighted by atomic mass is 10.1. The topological polar surface area (TPSA) is 99.2 Å². The summed E-state index contributed by atoms with van der Waals surface area (Å²) in [7, 11) is 1.94. The molecule has 1 aromatic carbocycles. The number of amides is 2. The monoisotopic (exact) mass is 610 g/mol. The Balaban J connectivity index is 0.00000462. The quantitative estimate of drug-likeness (QED) is 0.202. The third kappa shape index (κ3) is 9.14. The predicted molar refractivity (Wildman–Crippen MR) is 158 cm³/mol. The lowest BCUT2D eigenvalue weighted by Crippen LogP contribution is -2.33. The van der Waals surface area contributed by atoms with Crippen LogP contribution >= 0.6 is 23.7 Å². The van der Waals surface area contributed by atoms with Crippen molar-refractivity contribution < 1.29 is 22.8 Å². The zero-order valence-corrected chi connectivity index (χ0v) is 24.3. The number of hydrogen-bond donors (Lipinski definition) is 3. The third-order valence-electron chi connectivity index (χ3n) is 6.96. The summed E-state index contributed by atoms with van der Waals surface area (Å²) in [5.74, 6) is 0.268. The second kappa shape index (κ2) is 14.6. The molecule has 0 unspecified atom stereocenters. The van der Waals surface area contributed by atoms with E-state index >= 15 is 0 Å². The van der Waals surface area contributed by atoms with Crippen molar-refractivity contribution in [1.82, 2.24) is 25.9 Å². The first kappa shape index (κ1) is 32.3. The van der Waals surface area contributed by atoms with E-state index < -0.39 is 12.6 Å². The highest BCUT2D eigenvalue weighted by atomic mass is 35.5. The van der Waals surface area contributed by atoms with Crippen molar-refractivity contribution in [2.24, 2.45) is 0 Å². The van der Waals surface area contributed by atoms with Gasteiger partial charge in [0.05, 0.1) is 11.8 Å². The van der Waals surface area contributed by atoms with Gasteiger partial charge in [-0.2, -0.15) is 13.2 Å². The maximum absolute atomic E-state index is 12.9. The molecule has 0 aliphatic heterocycles. The first-order valence-corrected chi connectivity index (χ1v) is 14.0. The van der Waals surface area contributed by atoms with E-state index in [1.807, 2.05) is 19.2 Å². The summed E-state index contributed by atoms with van der Waals surface area (Å²) in [6.45, 7) is 4.98. The molecule has 0 saturated heterocycles. The highest BCUT2D eigenvalue weighted by molar-refractivity contribution is 7.18. The smallest absolute Gasteiger partial charge is 0.356 e. The van der Waals surface area contributed by atoms with Crippen molar-refractivity contribution >= 4 is 51.6 Å². The summed E-state index contributed by atoms with van der Waals surface area (Å²) in [4.78, 5) is 34.9. The number of halogens is 4. The molecule has 0 radical (unpaired) electrons. The minimum atomic E-state index is -4.26. The average molecular weight is 611 g/mol. The molecule has 2 heterocycles. The summed E-state index contributed by atoms with van der Waals surface area (Å²) >= 11 is 1.06. The Hall–Kier alpha value is -3.22. The van der Waals surface area contributed by atoms with Gasteiger partial charge >= 0.3 is 6.18 Å². The van der Waals surface area contributed by atoms with Gasteiger partial charge in [-0.3, -0.25) is 9.59 Å². The van der Waals surface area contributed by atoms with Crippen molar-refractivity contribution in [1.29, 1.82) is 0 Å². The van der Waals surface area contributed by atoms with Crippen LogP contribution in [0.4, 0.5) is 19.0 Å². The summed E-state index contributed by atoms with van der Waals surface area (Å²) < 4.78 is 38.7. The molecule has 3 N–H and O–H groups in total. The minimum Gasteiger partial charge on any atom is -0.356 e. The number of fused-ring (bicyclic) bond motifs is 1. The minimum absolute atomic E-state index is 0. The van der Waals surface area contributed by atoms with Crippen LogP contribution in [-0.4, -0.2) is 60.2 Å². The average Bonchev–Trinajstić information content (AvgIpc) is 3.57. The summed E-state index contributed by atoms with van der Waals surface area (Å²) in [5, 5.41) is 9.76. The number of carbonyl (C=O) groups excluding carboxylic acids is 2. The Morgan fingerprint density at radius 1 is 1.15 bits per heavy atom. The number of nitrogens with one attached hydrogen (secondary N) is 3. The van der Waals surface area contributed by atoms with Crippen LogP contribution in [0.25, 0.3) is 10.2 Å². The van der Waals surface area contributed by atoms with E-state index in [9.17, 15) is 22.8 Å². The standard InChI is InChI=1S/C28H33F3N6O2S.ClH/c1-3-24(38)32-11-4-12-33-26(39)19-7-5-18(6-8-19)16-34-20-9-10-21(13-20)37(2)25-23-14-22(15-28(29,30)31)40-27(23)36-17-35-25;/h3,5-8,14,17,20-21,34H,1,4,9-13,15-16H2,2H3,(H,32,38)(H,33,39);1H/t20-,21+;/m0./s1. The van der Waals surface area contributed by atoms with E-state index in [-0.39, 0.29) is 41.2 Å². The molecule has 0 spiro atoms. The first-order valence-electron chi connectivity index (χ1n) is 13.2. The Bertz CT molecular complexity index is 1330. The van der Waals surface area contributed by atoms with Gasteiger partial charge in [0.15, 0.2) is 0 Å². The Morgan fingerprint density at radius 2 is 1.88 bits per heavy atom. The van der Waals surface area contributed by atoms with Crippen LogP contribution in [0, 0.1) is 0 Å². The predicted octanol–water partition coefficient (Wildman–Crippen LogP) is 4.79. The molecule has 2 amide bonds. The summed E-state index contributed by atoms with van der Waals surface area (Å²) in [5.41, 5.74) is 1.64. The molecule has 13 heteroatoms. The van der Waals surface area contributed by atoms with Gasteiger partial charge in [-0.05, 0) is 55.5 Å². The van der Waals surface area contributed by atoms with Crippen LogP contribution in [0.3, 0.4) is 0 Å². The Morgan fingerprint density at radius 3 is 2.59 bits per heavy atom. The van der Waals surface area contributed by atoms with E-state index in [4.69, 9.17) is 0 Å². The fourth-order valence-electron chi connectivity index (χ4n) is 4.84. The van der Waals surface area contributed by atoms with Gasteiger partial charge in [-0.1, -0.05) is 18.7 Å². The number of anilines is 1. The molecule has 1 aliphatic rings. The molecule has 2 aromatic heterocycles. The lowest BCUT2D eigenvalue weighted by molar-refractivity contribution is -0.126. The molecule has 1 saturated carbocycles. The van der Waals surface area contributed by atoms with Crippen LogP contribution in [-0.2, 0) is 17.8 Å². The SMILES string of the molecule is C=CC(=O)NCCCNC(=O)c1ccc(CN[C@H]2CC[C@@H](N(C)c3ncnc4sc(CC(F)(F)F)cc34)C2)cc1.Cl. The normalized spacial score (nSPS) is 16.7. The molecule has 1 aliphatic carbocycles. The van der Waals surface area contributed by atoms with Crippen molar-refractivity contribution in [2.45, 2.75) is 56.9 Å². The molecular weight excluding hydrogens is 577 g/mol. The molecule has 41 heavy (non-hydrogen) atoms. The van der Waals surface area contributed by atoms with Crippen molar-refractivity contribution in [3.05, 3.63) is 65.3 Å². The summed E-state index contributed by atoms with van der Waals surface area (Å²) in [6.07, 6.45) is 0.826. The number of carbonyl (C=O) groups is 2. The Labute approximate surface area is 247 Å². The van der Waals surface area contributed by atoms with E-state index in [2.05, 4.69) is 37.4 Å². The maximum atomic E-state index is 12.9. The van der Waals surface area contributed by atoms with Gasteiger partial charge in [-0.15, -0.1) is 23.7 Å². The van der Waals surface area contributed by atoms with Gasteiger partial charge in [0, 0.05) is 49.2 Å². The third-order valence-corrected chi connectivity index (χ3v) is 8.00. The highest BCUT2D eigenvalue weighted by Gasteiger charge is 2.31. The summed E-state index contributed by atoms with van der Waals surface area (Å²) in [6, 6.07) is 9.51. The number of aromatic nitrogens is 2. The number of hydrogen-bond acceptors (Lipinski definition) is 7. The van der Waals surface area contributed by atoms with Crippen molar-refractivity contribution in [2.75, 3.05) is 25.0 Å². The number of nitrogens with zero attached hydrogens (tertiary/aromatic N) is 3. The molecule has 2 atom stereocenters. The Kier molecular flexibility index (Phi) is 11.5. The van der Waals surface area contributed by atoms with Crippen molar-refractivity contribution in [3.8, 4) is 0 Å². The number of benzene rings is 1. The van der Waals surface area contributed by atoms with E-state index in [1.54, 1.807) is 18.2 Å². The van der Waals surface area contributed by atoms with E-state index in [1.165, 1.54) is 12.4 Å². The molecule has 4 rings (SSSR count). The van der Waals surface area contributed by atoms with Crippen LogP contribution in [0.5, 0.6) is 0 Å². The fourth-order valence-corrected chi connectivity index (χ4v) is 5.86. The van der Waals surface area contributed by atoms with Gasteiger partial charge in [0.25, 0.3) is 5.91 Å². The van der Waals surface area contributed by atoms with Gasteiger partial charge < -0.3 is 20.9 Å². The first-order chi connectivity index (χ1) is 19.1. The molecule has 8 nitrogen and oxygen atoms in total. The second-order valence-corrected chi connectivity index (χ2v) is 11.0. The number of alkyl halides is 3. The molecule has 3 aromatic rings. The molecular formula is C28H34ClF3N6O2S. The zero-order chi connectivity index (χ0) is 28.7. The maximum Gasteiger partial charge on any atom is 0.393 e. The fraction of sp³-hybridized carbons (Fsp3) is 0.429. The van der Waals surface area contributed by atoms with Gasteiger partial charge in [0.1, 0.15) is 17.0 Å². The van der Waals surface area contributed by atoms with Crippen LogP contribution in [0.15, 0.2) is 49.3 Å².